The molecule has 0 radical (unpaired) electrons. The second-order valence-electron chi connectivity index (χ2n) is 4.98. The fourth-order valence-corrected chi connectivity index (χ4v) is 2.04. The van der Waals surface area contributed by atoms with Crippen molar-refractivity contribution in [2.75, 3.05) is 41.2 Å². The molecule has 0 aliphatic carbocycles. The molecule has 1 rings (SSSR count). The van der Waals surface area contributed by atoms with Gasteiger partial charge in [0.15, 0.2) is 0 Å². The Labute approximate surface area is 147 Å². The number of ether oxygens (including phenoxy) is 5. The third-order valence-electron chi connectivity index (χ3n) is 3.14. The van der Waals surface area contributed by atoms with Crippen molar-refractivity contribution < 1.29 is 33.3 Å². The van der Waals surface area contributed by atoms with Crippen molar-refractivity contribution in [3.05, 3.63) is 35.4 Å². The smallest absolute Gasteiger partial charge is 0.339 e. The molecule has 0 amide bonds. The van der Waals surface area contributed by atoms with Crippen molar-refractivity contribution in [3.8, 4) is 5.75 Å². The number of rotatable bonds is 10. The van der Waals surface area contributed by atoms with Gasteiger partial charge >= 0.3 is 11.9 Å². The van der Waals surface area contributed by atoms with Crippen molar-refractivity contribution >= 4 is 18.0 Å². The highest BCUT2D eigenvalue weighted by molar-refractivity contribution is 5.96. The Balaban J connectivity index is 3.03. The molecule has 138 valence electrons. The highest BCUT2D eigenvalue weighted by Gasteiger charge is 2.18. The third kappa shape index (κ3) is 6.94. The summed E-state index contributed by atoms with van der Waals surface area (Å²) in [6, 6.07) is 4.84. The summed E-state index contributed by atoms with van der Waals surface area (Å²) in [7, 11) is 4.54. The van der Waals surface area contributed by atoms with E-state index in [1.54, 1.807) is 25.1 Å². The Hall–Kier alpha value is -2.38. The summed E-state index contributed by atoms with van der Waals surface area (Å²) >= 11 is 0. The summed E-state index contributed by atoms with van der Waals surface area (Å²) < 4.78 is 25.4. The molecule has 0 aliphatic heterocycles. The molecule has 0 heterocycles. The predicted octanol–water partition coefficient (Wildman–Crippen LogP) is 2.09. The molecule has 0 aliphatic rings. The molecular formula is C18H24O7. The fraction of sp³-hybridized carbons (Fsp3) is 0.444. The summed E-state index contributed by atoms with van der Waals surface area (Å²) in [5.41, 5.74) is 0.768. The Morgan fingerprint density at radius 2 is 1.80 bits per heavy atom. The van der Waals surface area contributed by atoms with Gasteiger partial charge in [0.25, 0.3) is 0 Å². The van der Waals surface area contributed by atoms with Crippen molar-refractivity contribution in [3.63, 3.8) is 0 Å². The van der Waals surface area contributed by atoms with Crippen molar-refractivity contribution in [2.45, 2.75) is 13.0 Å². The topological polar surface area (TPSA) is 80.3 Å². The number of benzene rings is 1. The van der Waals surface area contributed by atoms with Gasteiger partial charge in [-0.1, -0.05) is 0 Å². The summed E-state index contributed by atoms with van der Waals surface area (Å²) in [5.74, 6) is -0.503. The first-order chi connectivity index (χ1) is 12.0. The number of hydrogen-bond acceptors (Lipinski definition) is 7. The molecule has 0 saturated carbocycles. The zero-order chi connectivity index (χ0) is 18.7. The van der Waals surface area contributed by atoms with Gasteiger partial charge in [0.2, 0.25) is 0 Å². The van der Waals surface area contributed by atoms with E-state index in [2.05, 4.69) is 0 Å². The minimum absolute atomic E-state index is 0.212. The largest absolute Gasteiger partial charge is 0.497 e. The number of carbonyl (C=O) groups is 2. The lowest BCUT2D eigenvalue weighted by Gasteiger charge is -2.17. The van der Waals surface area contributed by atoms with Crippen molar-refractivity contribution in [1.82, 2.24) is 0 Å². The van der Waals surface area contributed by atoms with Crippen LogP contribution in [0.3, 0.4) is 0 Å². The zero-order valence-corrected chi connectivity index (χ0v) is 14.9. The van der Waals surface area contributed by atoms with Crippen LogP contribution < -0.4 is 4.74 Å². The molecule has 7 nitrogen and oxygen atoms in total. The van der Waals surface area contributed by atoms with Gasteiger partial charge < -0.3 is 23.7 Å². The molecule has 0 bridgehead atoms. The lowest BCUT2D eigenvalue weighted by Crippen LogP contribution is -2.27. The molecule has 0 fully saturated rings. The van der Waals surface area contributed by atoms with Crippen LogP contribution in [0.25, 0.3) is 6.08 Å². The third-order valence-corrected chi connectivity index (χ3v) is 3.14. The lowest BCUT2D eigenvalue weighted by atomic mass is 10.1. The highest BCUT2D eigenvalue weighted by Crippen LogP contribution is 2.20. The molecule has 0 unspecified atom stereocenters. The van der Waals surface area contributed by atoms with E-state index in [9.17, 15) is 9.59 Å². The molecule has 0 atom stereocenters. The number of methoxy groups -OCH3 is 3. The van der Waals surface area contributed by atoms with Crippen molar-refractivity contribution in [1.29, 1.82) is 0 Å². The first kappa shape index (κ1) is 20.7. The Kier molecular flexibility index (Phi) is 9.28. The molecule has 0 saturated heterocycles. The van der Waals surface area contributed by atoms with Gasteiger partial charge in [-0.15, -0.1) is 0 Å². The average Bonchev–Trinajstić information content (AvgIpc) is 2.60. The molecule has 0 spiro atoms. The van der Waals surface area contributed by atoms with E-state index in [1.807, 2.05) is 0 Å². The molecule has 1 aromatic carbocycles. The maximum Gasteiger partial charge on any atom is 0.339 e. The molecule has 1 aromatic rings. The number of esters is 2. The number of hydrogen-bond donors (Lipinski definition) is 0. The van der Waals surface area contributed by atoms with Crippen LogP contribution in [0.15, 0.2) is 24.3 Å². The molecule has 7 heteroatoms. The van der Waals surface area contributed by atoms with Gasteiger partial charge in [-0.25, -0.2) is 9.59 Å². The minimum Gasteiger partial charge on any atom is -0.497 e. The summed E-state index contributed by atoms with van der Waals surface area (Å²) in [4.78, 5) is 24.0. The Bertz CT molecular complexity index is 589. The Morgan fingerprint density at radius 3 is 2.36 bits per heavy atom. The van der Waals surface area contributed by atoms with Crippen LogP contribution in [0.5, 0.6) is 5.75 Å². The van der Waals surface area contributed by atoms with Crippen molar-refractivity contribution in [2.24, 2.45) is 0 Å². The van der Waals surface area contributed by atoms with E-state index in [4.69, 9.17) is 23.7 Å². The van der Waals surface area contributed by atoms with Crippen LogP contribution in [-0.2, 0) is 23.7 Å². The van der Waals surface area contributed by atoms with Gasteiger partial charge in [-0.2, -0.15) is 0 Å². The van der Waals surface area contributed by atoms with Crippen LogP contribution in [0, 0.1) is 0 Å². The average molecular weight is 352 g/mol. The van der Waals surface area contributed by atoms with Gasteiger partial charge in [0.1, 0.15) is 11.9 Å². The molecular weight excluding hydrogens is 328 g/mol. The second-order valence-corrected chi connectivity index (χ2v) is 4.98. The second kappa shape index (κ2) is 11.2. The maximum atomic E-state index is 12.5. The van der Waals surface area contributed by atoms with E-state index in [-0.39, 0.29) is 19.8 Å². The SMILES string of the molecule is CCOC(=O)/C=C/c1cc(OC)ccc1C(=O)OC(COC)COC. The quantitative estimate of drug-likeness (QED) is 0.471. The monoisotopic (exact) mass is 352 g/mol. The fourth-order valence-electron chi connectivity index (χ4n) is 2.04. The predicted molar refractivity (Wildman–Crippen MR) is 91.6 cm³/mol. The summed E-state index contributed by atoms with van der Waals surface area (Å²) in [6.45, 7) is 2.41. The van der Waals surface area contributed by atoms with Crippen LogP contribution in [0.4, 0.5) is 0 Å². The van der Waals surface area contributed by atoms with Gasteiger partial charge in [-0.05, 0) is 36.8 Å². The zero-order valence-electron chi connectivity index (χ0n) is 14.9. The summed E-state index contributed by atoms with van der Waals surface area (Å²) in [5, 5.41) is 0. The van der Waals surface area contributed by atoms with E-state index < -0.39 is 18.0 Å². The Morgan fingerprint density at radius 1 is 1.12 bits per heavy atom. The minimum atomic E-state index is -0.551. The van der Waals surface area contributed by atoms with E-state index in [0.29, 0.717) is 16.9 Å². The highest BCUT2D eigenvalue weighted by atomic mass is 16.6. The maximum absolute atomic E-state index is 12.5. The first-order valence-corrected chi connectivity index (χ1v) is 7.77. The van der Waals surface area contributed by atoms with E-state index in [0.717, 1.165) is 0 Å². The van der Waals surface area contributed by atoms with Crippen LogP contribution in [-0.4, -0.2) is 59.2 Å². The van der Waals surface area contributed by atoms with E-state index >= 15 is 0 Å². The normalized spacial score (nSPS) is 10.9. The van der Waals surface area contributed by atoms with E-state index in [1.165, 1.54) is 33.5 Å². The lowest BCUT2D eigenvalue weighted by molar-refractivity contribution is -0.137. The van der Waals surface area contributed by atoms with Gasteiger partial charge in [0, 0.05) is 20.3 Å². The summed E-state index contributed by atoms with van der Waals surface area (Å²) in [6.07, 6.45) is 2.20. The van der Waals surface area contributed by atoms with Crippen LogP contribution >= 0.6 is 0 Å². The van der Waals surface area contributed by atoms with Crippen LogP contribution in [0.2, 0.25) is 0 Å². The number of carbonyl (C=O) groups excluding carboxylic acids is 2. The molecule has 0 N–H and O–H groups in total. The van der Waals surface area contributed by atoms with Gasteiger partial charge in [-0.3, -0.25) is 0 Å². The molecule has 25 heavy (non-hydrogen) atoms. The standard InChI is InChI=1S/C18H24O7/c1-5-24-17(19)9-6-13-10-14(23-4)7-8-16(13)18(20)25-15(11-21-2)12-22-3/h6-10,15H,5,11-12H2,1-4H3/b9-6+. The molecule has 0 aromatic heterocycles. The first-order valence-electron chi connectivity index (χ1n) is 7.77. The van der Waals surface area contributed by atoms with Crippen LogP contribution in [0.1, 0.15) is 22.8 Å². The van der Waals surface area contributed by atoms with Gasteiger partial charge in [0.05, 0.1) is 32.5 Å².